The predicted octanol–water partition coefficient (Wildman–Crippen LogP) is 2.73. The molecule has 4 heteroatoms. The third-order valence-corrected chi connectivity index (χ3v) is 3.91. The molecule has 0 bridgehead atoms. The minimum atomic E-state index is -0.425. The van der Waals surface area contributed by atoms with Crippen LogP contribution in [0.15, 0.2) is 22.7 Å². The van der Waals surface area contributed by atoms with Crippen LogP contribution in [0.1, 0.15) is 25.0 Å². The highest BCUT2D eigenvalue weighted by molar-refractivity contribution is 9.10. The van der Waals surface area contributed by atoms with Gasteiger partial charge in [-0.25, -0.2) is 0 Å². The van der Waals surface area contributed by atoms with Crippen molar-refractivity contribution in [2.24, 2.45) is 0 Å². The van der Waals surface area contributed by atoms with Gasteiger partial charge in [0.25, 0.3) is 0 Å². The van der Waals surface area contributed by atoms with Crippen LogP contribution >= 0.6 is 15.9 Å². The molecule has 1 aliphatic heterocycles. The second-order valence-corrected chi connectivity index (χ2v) is 5.33. The van der Waals surface area contributed by atoms with E-state index in [-0.39, 0.29) is 0 Å². The zero-order chi connectivity index (χ0) is 12.4. The van der Waals surface area contributed by atoms with Crippen LogP contribution in [0.4, 0.5) is 5.69 Å². The van der Waals surface area contributed by atoms with Gasteiger partial charge in [-0.15, -0.1) is 0 Å². The minimum absolute atomic E-state index is 0.332. The van der Waals surface area contributed by atoms with Crippen molar-refractivity contribution in [3.8, 4) is 0 Å². The summed E-state index contributed by atoms with van der Waals surface area (Å²) in [7, 11) is 1.76. The Labute approximate surface area is 111 Å². The van der Waals surface area contributed by atoms with Crippen molar-refractivity contribution >= 4 is 21.6 Å². The molecule has 0 saturated carbocycles. The van der Waals surface area contributed by atoms with Crippen LogP contribution in [0.5, 0.6) is 0 Å². The Kier molecular flexibility index (Phi) is 4.07. The van der Waals surface area contributed by atoms with Gasteiger partial charge in [0.15, 0.2) is 0 Å². The van der Waals surface area contributed by atoms with Gasteiger partial charge in [0.2, 0.25) is 0 Å². The Bertz CT molecular complexity index is 395. The van der Waals surface area contributed by atoms with E-state index in [1.807, 2.05) is 12.1 Å². The Hall–Kier alpha value is -0.580. The summed E-state index contributed by atoms with van der Waals surface area (Å²) < 4.78 is 6.40. The summed E-state index contributed by atoms with van der Waals surface area (Å²) in [6.45, 7) is 3.73. The highest BCUT2D eigenvalue weighted by Gasteiger charge is 2.23. The summed E-state index contributed by atoms with van der Waals surface area (Å²) in [5, 5.41) is 9.53. The van der Waals surface area contributed by atoms with Gasteiger partial charge in [0.1, 0.15) is 0 Å². The average Bonchev–Trinajstić information content (AvgIpc) is 2.77. The number of hydrogen-bond donors (Lipinski definition) is 1. The number of anilines is 1. The van der Waals surface area contributed by atoms with Gasteiger partial charge in [-0.3, -0.25) is 0 Å². The fourth-order valence-electron chi connectivity index (χ4n) is 2.18. The van der Waals surface area contributed by atoms with Crippen LogP contribution in [-0.2, 0) is 4.74 Å². The average molecular weight is 300 g/mol. The molecule has 0 amide bonds. The Morgan fingerprint density at radius 1 is 1.53 bits per heavy atom. The summed E-state index contributed by atoms with van der Waals surface area (Å²) in [4.78, 5) is 2.31. The van der Waals surface area contributed by atoms with Crippen LogP contribution in [0.3, 0.4) is 0 Å². The van der Waals surface area contributed by atoms with Gasteiger partial charge in [0.05, 0.1) is 17.9 Å². The summed E-state index contributed by atoms with van der Waals surface area (Å²) in [5.41, 5.74) is 2.11. The first kappa shape index (κ1) is 12.9. The predicted molar refractivity (Wildman–Crippen MR) is 72.4 cm³/mol. The number of nitrogens with zero attached hydrogens (tertiary/aromatic N) is 1. The highest BCUT2D eigenvalue weighted by atomic mass is 79.9. The summed E-state index contributed by atoms with van der Waals surface area (Å²) >= 11 is 3.57. The molecule has 1 aliphatic rings. The summed E-state index contributed by atoms with van der Waals surface area (Å²) in [6, 6.07) is 6.02. The fraction of sp³-hybridized carbons (Fsp3) is 0.538. The van der Waals surface area contributed by atoms with Crippen molar-refractivity contribution < 1.29 is 9.84 Å². The molecule has 1 aromatic carbocycles. The number of aliphatic hydroxyl groups excluding tert-OH is 1. The minimum Gasteiger partial charge on any atom is -0.389 e. The molecule has 1 heterocycles. The monoisotopic (exact) mass is 299 g/mol. The number of hydrogen-bond acceptors (Lipinski definition) is 3. The van der Waals surface area contributed by atoms with Crippen LogP contribution < -0.4 is 4.90 Å². The normalized spacial score (nSPS) is 21.9. The van der Waals surface area contributed by atoms with E-state index in [1.54, 1.807) is 14.0 Å². The third-order valence-electron chi connectivity index (χ3n) is 3.27. The Balaban J connectivity index is 2.17. The maximum atomic E-state index is 9.53. The lowest BCUT2D eigenvalue weighted by Gasteiger charge is -2.21. The van der Waals surface area contributed by atoms with Gasteiger partial charge >= 0.3 is 0 Å². The van der Waals surface area contributed by atoms with Crippen LogP contribution in [0.25, 0.3) is 0 Å². The van der Waals surface area contributed by atoms with Gasteiger partial charge in [-0.2, -0.15) is 0 Å². The SMILES string of the molecule is COC1CCN(c2ccc(C(C)O)cc2Br)C1. The maximum absolute atomic E-state index is 9.53. The quantitative estimate of drug-likeness (QED) is 0.931. The second kappa shape index (κ2) is 5.38. The van der Waals surface area contributed by atoms with Crippen LogP contribution in [-0.4, -0.2) is 31.4 Å². The second-order valence-electron chi connectivity index (χ2n) is 4.48. The molecular weight excluding hydrogens is 282 g/mol. The summed E-state index contributed by atoms with van der Waals surface area (Å²) in [5.74, 6) is 0. The lowest BCUT2D eigenvalue weighted by Crippen LogP contribution is -2.22. The molecule has 0 aliphatic carbocycles. The number of aliphatic hydroxyl groups is 1. The van der Waals surface area contributed by atoms with E-state index in [1.165, 1.54) is 5.69 Å². The van der Waals surface area contributed by atoms with E-state index in [0.29, 0.717) is 6.10 Å². The van der Waals surface area contributed by atoms with E-state index in [9.17, 15) is 5.11 Å². The fourth-order valence-corrected chi connectivity index (χ4v) is 2.83. The number of ether oxygens (including phenoxy) is 1. The van der Waals surface area contributed by atoms with Gasteiger partial charge in [0, 0.05) is 24.7 Å². The number of rotatable bonds is 3. The van der Waals surface area contributed by atoms with Crippen LogP contribution in [0, 0.1) is 0 Å². The molecule has 3 nitrogen and oxygen atoms in total. The van der Waals surface area contributed by atoms with Crippen molar-refractivity contribution in [1.29, 1.82) is 0 Å². The molecule has 1 fully saturated rings. The van der Waals surface area contributed by atoms with Gasteiger partial charge < -0.3 is 14.7 Å². The van der Waals surface area contributed by atoms with Crippen molar-refractivity contribution in [2.45, 2.75) is 25.6 Å². The lowest BCUT2D eigenvalue weighted by molar-refractivity contribution is 0.121. The smallest absolute Gasteiger partial charge is 0.0762 e. The third kappa shape index (κ3) is 2.81. The maximum Gasteiger partial charge on any atom is 0.0762 e. The summed E-state index contributed by atoms with van der Waals surface area (Å²) in [6.07, 6.45) is 0.977. The van der Waals surface area contributed by atoms with E-state index < -0.39 is 6.10 Å². The molecule has 2 rings (SSSR count). The Morgan fingerprint density at radius 2 is 2.29 bits per heavy atom. The van der Waals surface area contributed by atoms with E-state index in [2.05, 4.69) is 26.9 Å². The van der Waals surface area contributed by atoms with Crippen LogP contribution in [0.2, 0.25) is 0 Å². The van der Waals surface area contributed by atoms with Crippen molar-refractivity contribution in [3.63, 3.8) is 0 Å². The first-order valence-corrected chi connectivity index (χ1v) is 6.66. The van der Waals surface area contributed by atoms with Crippen molar-refractivity contribution in [2.75, 3.05) is 25.1 Å². The van der Waals surface area contributed by atoms with Crippen molar-refractivity contribution in [3.05, 3.63) is 28.2 Å². The van der Waals surface area contributed by atoms with Gasteiger partial charge in [-0.05, 0) is 47.0 Å². The van der Waals surface area contributed by atoms with E-state index >= 15 is 0 Å². The molecule has 0 aromatic heterocycles. The molecule has 1 aromatic rings. The molecule has 2 atom stereocenters. The number of halogens is 1. The zero-order valence-electron chi connectivity index (χ0n) is 10.2. The van der Waals surface area contributed by atoms with E-state index in [4.69, 9.17) is 4.74 Å². The molecule has 1 N–H and O–H groups in total. The topological polar surface area (TPSA) is 32.7 Å². The highest BCUT2D eigenvalue weighted by Crippen LogP contribution is 2.31. The largest absolute Gasteiger partial charge is 0.389 e. The van der Waals surface area contributed by atoms with Crippen molar-refractivity contribution in [1.82, 2.24) is 0 Å². The molecule has 1 saturated heterocycles. The number of methoxy groups -OCH3 is 1. The standard InChI is InChI=1S/C13H18BrNO2/c1-9(16)10-3-4-13(12(14)7-10)15-6-5-11(8-15)17-2/h3-4,7,9,11,16H,5-6,8H2,1-2H3. The van der Waals surface area contributed by atoms with Gasteiger partial charge in [-0.1, -0.05) is 6.07 Å². The number of benzene rings is 1. The molecular formula is C13H18BrNO2. The zero-order valence-corrected chi connectivity index (χ0v) is 11.8. The molecule has 94 valence electrons. The molecule has 17 heavy (non-hydrogen) atoms. The van der Waals surface area contributed by atoms with E-state index in [0.717, 1.165) is 29.5 Å². The first-order chi connectivity index (χ1) is 8.11. The molecule has 0 radical (unpaired) electrons. The Morgan fingerprint density at radius 3 is 2.82 bits per heavy atom. The first-order valence-electron chi connectivity index (χ1n) is 5.87. The molecule has 0 spiro atoms. The molecule has 2 unspecified atom stereocenters. The lowest BCUT2D eigenvalue weighted by atomic mass is 10.1.